The van der Waals surface area contributed by atoms with Crippen molar-refractivity contribution in [3.63, 3.8) is 0 Å². The van der Waals surface area contributed by atoms with Gasteiger partial charge < -0.3 is 9.83 Å². The molecule has 0 aliphatic carbocycles. The summed E-state index contributed by atoms with van der Waals surface area (Å²) in [5.74, 6) is 0. The van der Waals surface area contributed by atoms with Crippen LogP contribution in [0.5, 0.6) is 0 Å². The summed E-state index contributed by atoms with van der Waals surface area (Å²) in [6.07, 6.45) is 3.65. The summed E-state index contributed by atoms with van der Waals surface area (Å²) in [5, 5.41) is 0. The summed E-state index contributed by atoms with van der Waals surface area (Å²) in [4.78, 5) is 6.08. The Balaban J connectivity index is 2.67. The van der Waals surface area contributed by atoms with Crippen molar-refractivity contribution in [1.29, 1.82) is 0 Å². The summed E-state index contributed by atoms with van der Waals surface area (Å²) in [5.41, 5.74) is 1.06. The fourth-order valence-electron chi connectivity index (χ4n) is 0.548. The van der Waals surface area contributed by atoms with E-state index in [9.17, 15) is 0 Å². The highest BCUT2D eigenvalue weighted by molar-refractivity contribution is 5.09. The van der Waals surface area contributed by atoms with E-state index in [1.165, 1.54) is 0 Å². The molecule has 40 valence electrons. The molecule has 1 aromatic rings. The Kier molecular flexibility index (Phi) is 1.34. The molecule has 2 nitrogen and oxygen atoms in total. The minimum absolute atomic E-state index is 0.490. The van der Waals surface area contributed by atoms with E-state index in [1.807, 2.05) is 18.5 Å². The second-order valence-electron chi connectivity index (χ2n) is 1.54. The average Bonchev–Trinajstić information content (AvgIpc) is 2.19. The number of aromatic nitrogens is 1. The maximum atomic E-state index is 6.49. The van der Waals surface area contributed by atoms with Gasteiger partial charge in [-0.05, 0) is 6.07 Å². The van der Waals surface area contributed by atoms with Crippen LogP contribution < -0.4 is 0 Å². The lowest BCUT2D eigenvalue weighted by molar-refractivity contribution is 1.27. The minimum atomic E-state index is 0.490. The van der Waals surface area contributed by atoms with Crippen LogP contribution in [0.25, 0.3) is 4.85 Å². The van der Waals surface area contributed by atoms with Gasteiger partial charge in [0.1, 0.15) is 0 Å². The third-order valence-corrected chi connectivity index (χ3v) is 0.924. The predicted octanol–water partition coefficient (Wildman–Crippen LogP) is 1.43. The van der Waals surface area contributed by atoms with Crippen LogP contribution in [0.3, 0.4) is 0 Å². The summed E-state index contributed by atoms with van der Waals surface area (Å²) in [6, 6.07) is 1.90. The van der Waals surface area contributed by atoms with E-state index in [2.05, 4.69) is 9.83 Å². The molecule has 1 heterocycles. The van der Waals surface area contributed by atoms with Gasteiger partial charge in [-0.25, -0.2) is 6.57 Å². The topological polar surface area (TPSA) is 20.1 Å². The van der Waals surface area contributed by atoms with Crippen molar-refractivity contribution in [2.45, 2.75) is 6.54 Å². The molecule has 1 N–H and O–H groups in total. The quantitative estimate of drug-likeness (QED) is 0.523. The van der Waals surface area contributed by atoms with Crippen molar-refractivity contribution in [2.24, 2.45) is 0 Å². The van der Waals surface area contributed by atoms with Gasteiger partial charge in [0.15, 0.2) is 0 Å². The molecule has 0 aliphatic heterocycles. The predicted molar refractivity (Wildman–Crippen MR) is 31.1 cm³/mol. The van der Waals surface area contributed by atoms with Crippen LogP contribution in [0.2, 0.25) is 0 Å². The van der Waals surface area contributed by atoms with Crippen molar-refractivity contribution in [3.8, 4) is 0 Å². The molecule has 0 radical (unpaired) electrons. The maximum absolute atomic E-state index is 6.49. The van der Waals surface area contributed by atoms with Gasteiger partial charge in [0.05, 0.1) is 0 Å². The van der Waals surface area contributed by atoms with Crippen molar-refractivity contribution >= 4 is 0 Å². The molecule has 0 atom stereocenters. The van der Waals surface area contributed by atoms with E-state index >= 15 is 0 Å². The molecule has 0 bridgehead atoms. The Labute approximate surface area is 48.0 Å². The number of rotatable bonds is 1. The highest BCUT2D eigenvalue weighted by atomic mass is 14.7. The second-order valence-corrected chi connectivity index (χ2v) is 1.54. The van der Waals surface area contributed by atoms with Gasteiger partial charge in [-0.2, -0.15) is 0 Å². The van der Waals surface area contributed by atoms with E-state index in [1.54, 1.807) is 0 Å². The van der Waals surface area contributed by atoms with Crippen LogP contribution in [0.1, 0.15) is 5.56 Å². The van der Waals surface area contributed by atoms with Gasteiger partial charge in [0.25, 0.3) is 0 Å². The normalized spacial score (nSPS) is 8.38. The summed E-state index contributed by atoms with van der Waals surface area (Å²) in [7, 11) is 0. The third-order valence-electron chi connectivity index (χ3n) is 0.924. The zero-order valence-electron chi connectivity index (χ0n) is 4.39. The fraction of sp³-hybridized carbons (Fsp3) is 0.167. The van der Waals surface area contributed by atoms with Gasteiger partial charge in [-0.1, -0.05) is 0 Å². The Hall–Kier alpha value is -1.23. The number of nitrogens with one attached hydrogen (secondary N) is 1. The van der Waals surface area contributed by atoms with Crippen LogP contribution in [-0.2, 0) is 6.54 Å². The molecular formula is C6H6N2. The average molecular weight is 106 g/mol. The molecule has 0 unspecified atom stereocenters. The molecule has 1 rings (SSSR count). The van der Waals surface area contributed by atoms with Crippen molar-refractivity contribution < 1.29 is 0 Å². The summed E-state index contributed by atoms with van der Waals surface area (Å²) in [6.45, 7) is 6.98. The minimum Gasteiger partial charge on any atom is -0.367 e. The monoisotopic (exact) mass is 106 g/mol. The van der Waals surface area contributed by atoms with Crippen LogP contribution >= 0.6 is 0 Å². The smallest absolute Gasteiger partial charge is 0.241 e. The third kappa shape index (κ3) is 0.881. The standard InChI is InChI=1S/C6H6N2/c1-7-4-6-2-3-8-5-6/h2-3,5,8H,4H2. The molecule has 1 aromatic heterocycles. The fourth-order valence-corrected chi connectivity index (χ4v) is 0.548. The molecular weight excluding hydrogens is 100 g/mol. The Morgan fingerprint density at radius 1 is 1.75 bits per heavy atom. The largest absolute Gasteiger partial charge is 0.367 e. The van der Waals surface area contributed by atoms with Crippen molar-refractivity contribution in [1.82, 2.24) is 4.98 Å². The van der Waals surface area contributed by atoms with Gasteiger partial charge >= 0.3 is 0 Å². The molecule has 8 heavy (non-hydrogen) atoms. The van der Waals surface area contributed by atoms with Gasteiger partial charge in [-0.15, -0.1) is 0 Å². The maximum Gasteiger partial charge on any atom is 0.241 e. The molecule has 0 amide bonds. The van der Waals surface area contributed by atoms with Crippen LogP contribution in [-0.4, -0.2) is 4.98 Å². The van der Waals surface area contributed by atoms with Gasteiger partial charge in [0, 0.05) is 18.0 Å². The summed E-state index contributed by atoms with van der Waals surface area (Å²) >= 11 is 0. The lowest BCUT2D eigenvalue weighted by Gasteiger charge is -1.74. The second kappa shape index (κ2) is 2.17. The van der Waals surface area contributed by atoms with Gasteiger partial charge in [-0.3, -0.25) is 0 Å². The highest BCUT2D eigenvalue weighted by Gasteiger charge is 1.89. The number of aromatic amines is 1. The van der Waals surface area contributed by atoms with E-state index in [0.717, 1.165) is 5.56 Å². The molecule has 0 fully saturated rings. The molecule has 0 saturated heterocycles. The Morgan fingerprint density at radius 2 is 2.62 bits per heavy atom. The molecule has 2 heteroatoms. The van der Waals surface area contributed by atoms with Crippen LogP contribution in [0.4, 0.5) is 0 Å². The first-order valence-electron chi connectivity index (χ1n) is 2.38. The zero-order chi connectivity index (χ0) is 5.82. The number of H-pyrrole nitrogens is 1. The Bertz CT molecular complexity index is 181. The molecule has 0 aromatic carbocycles. The van der Waals surface area contributed by atoms with E-state index in [0.29, 0.717) is 6.54 Å². The number of hydrogen-bond donors (Lipinski definition) is 1. The lowest BCUT2D eigenvalue weighted by atomic mass is 10.3. The highest BCUT2D eigenvalue weighted by Crippen LogP contribution is 1.96. The SMILES string of the molecule is [C-]#[N+]Cc1cc[nH]c1. The van der Waals surface area contributed by atoms with Crippen LogP contribution in [0.15, 0.2) is 18.5 Å². The zero-order valence-corrected chi connectivity index (χ0v) is 4.39. The van der Waals surface area contributed by atoms with E-state index in [4.69, 9.17) is 6.57 Å². The number of hydrogen-bond acceptors (Lipinski definition) is 0. The first-order valence-corrected chi connectivity index (χ1v) is 2.38. The summed E-state index contributed by atoms with van der Waals surface area (Å²) < 4.78 is 0. The van der Waals surface area contributed by atoms with Crippen molar-refractivity contribution in [2.75, 3.05) is 0 Å². The first kappa shape index (κ1) is 4.92. The van der Waals surface area contributed by atoms with Gasteiger partial charge in [0.2, 0.25) is 6.54 Å². The Morgan fingerprint density at radius 3 is 3.12 bits per heavy atom. The van der Waals surface area contributed by atoms with E-state index in [-0.39, 0.29) is 0 Å². The molecule has 0 saturated carbocycles. The lowest BCUT2D eigenvalue weighted by Crippen LogP contribution is -1.67. The van der Waals surface area contributed by atoms with E-state index < -0.39 is 0 Å². The molecule has 0 aliphatic rings. The number of nitrogens with zero attached hydrogens (tertiary/aromatic N) is 1. The van der Waals surface area contributed by atoms with Crippen molar-refractivity contribution in [3.05, 3.63) is 35.4 Å². The first-order chi connectivity index (χ1) is 3.93. The molecule has 0 spiro atoms. The van der Waals surface area contributed by atoms with Crippen LogP contribution in [0, 0.1) is 6.57 Å².